The molecule has 0 bridgehead atoms. The Bertz CT molecular complexity index is 100. The topological polar surface area (TPSA) is 41.3 Å². The van der Waals surface area contributed by atoms with E-state index < -0.39 is 0 Å². The van der Waals surface area contributed by atoms with Crippen molar-refractivity contribution >= 4 is 11.9 Å². The van der Waals surface area contributed by atoms with Crippen molar-refractivity contribution < 1.29 is 0 Å². The summed E-state index contributed by atoms with van der Waals surface area (Å²) in [7, 11) is 1.90. The third-order valence-corrected chi connectivity index (χ3v) is 1.34. The molecule has 1 aliphatic rings. The Morgan fingerprint density at radius 1 is 2.00 bits per heavy atom. The molecule has 0 aromatic heterocycles. The minimum absolute atomic E-state index is 0.808. The van der Waals surface area contributed by atoms with Crippen LogP contribution in [0.5, 0.6) is 0 Å². The van der Waals surface area contributed by atoms with Gasteiger partial charge in [0.2, 0.25) is 0 Å². The van der Waals surface area contributed by atoms with Crippen LogP contribution in [0.15, 0.2) is 11.2 Å². The minimum Gasteiger partial charge on any atom is -0.391 e. The first-order valence-electron chi connectivity index (χ1n) is 1.92. The summed E-state index contributed by atoms with van der Waals surface area (Å²) in [5.41, 5.74) is 8.22. The first-order valence-corrected chi connectivity index (χ1v) is 2.70. The van der Waals surface area contributed by atoms with Crippen molar-refractivity contribution in [2.24, 2.45) is 5.73 Å². The molecule has 0 saturated heterocycles. The molecule has 1 aliphatic heterocycles. The fourth-order valence-electron chi connectivity index (χ4n) is 0.365. The molecular formula is C3H7N3S. The summed E-state index contributed by atoms with van der Waals surface area (Å²) in [6.45, 7) is 0. The van der Waals surface area contributed by atoms with E-state index in [0.717, 1.165) is 5.03 Å². The van der Waals surface area contributed by atoms with Gasteiger partial charge in [0.1, 0.15) is 5.03 Å². The lowest BCUT2D eigenvalue weighted by Gasteiger charge is -2.03. The molecule has 0 atom stereocenters. The Kier molecular flexibility index (Phi) is 1.12. The van der Waals surface area contributed by atoms with Gasteiger partial charge in [0, 0.05) is 13.2 Å². The highest BCUT2D eigenvalue weighted by molar-refractivity contribution is 8.00. The van der Waals surface area contributed by atoms with Gasteiger partial charge in [0.15, 0.2) is 0 Å². The summed E-state index contributed by atoms with van der Waals surface area (Å²) >= 11 is 1.48. The number of nitrogens with two attached hydrogens (primary N) is 1. The predicted molar refractivity (Wildman–Crippen MR) is 30.8 cm³/mol. The molecule has 0 unspecified atom stereocenters. The summed E-state index contributed by atoms with van der Waals surface area (Å²) in [6, 6.07) is 0. The number of hydrogen-bond donors (Lipinski definition) is 2. The molecule has 0 saturated carbocycles. The second-order valence-electron chi connectivity index (χ2n) is 1.26. The number of hydrazine groups is 1. The number of nitrogens with one attached hydrogen (secondary N) is 1. The van der Waals surface area contributed by atoms with Gasteiger partial charge in [-0.05, 0) is 11.9 Å². The fourth-order valence-corrected chi connectivity index (χ4v) is 0.892. The normalized spacial score (nSPS) is 21.6. The fraction of sp³-hybridized carbons (Fsp3) is 0.333. The Morgan fingerprint density at radius 3 is 2.86 bits per heavy atom. The van der Waals surface area contributed by atoms with Gasteiger partial charge in [-0.1, -0.05) is 0 Å². The predicted octanol–water partition coefficient (Wildman–Crippen LogP) is -0.158. The zero-order valence-corrected chi connectivity index (χ0v) is 4.83. The summed E-state index contributed by atoms with van der Waals surface area (Å²) in [4.78, 5) is 0. The molecule has 4 heteroatoms. The van der Waals surface area contributed by atoms with Gasteiger partial charge < -0.3 is 11.2 Å². The van der Waals surface area contributed by atoms with Crippen molar-refractivity contribution in [2.75, 3.05) is 7.05 Å². The van der Waals surface area contributed by atoms with Crippen LogP contribution in [0.2, 0.25) is 0 Å². The molecule has 1 rings (SSSR count). The molecule has 3 nitrogen and oxygen atoms in total. The summed E-state index contributed by atoms with van der Waals surface area (Å²) in [5.74, 6) is 0. The van der Waals surface area contributed by atoms with Gasteiger partial charge in [0.05, 0.1) is 0 Å². The maximum absolute atomic E-state index is 5.35. The van der Waals surface area contributed by atoms with E-state index >= 15 is 0 Å². The van der Waals surface area contributed by atoms with Crippen LogP contribution in [-0.4, -0.2) is 11.5 Å². The van der Waals surface area contributed by atoms with Crippen LogP contribution >= 0.6 is 11.9 Å². The Balaban J connectivity index is 2.42. The molecule has 3 N–H and O–H groups in total. The Hall–Kier alpha value is -0.350. The molecule has 0 amide bonds. The zero-order chi connectivity index (χ0) is 5.28. The largest absolute Gasteiger partial charge is 0.391 e. The molecule has 7 heavy (non-hydrogen) atoms. The summed E-state index contributed by atoms with van der Waals surface area (Å²) in [5, 5.41) is 0.808. The van der Waals surface area contributed by atoms with Crippen LogP contribution in [0, 0.1) is 0 Å². The highest BCUT2D eigenvalue weighted by Crippen LogP contribution is 2.15. The first kappa shape index (κ1) is 4.80. The van der Waals surface area contributed by atoms with E-state index in [1.165, 1.54) is 11.9 Å². The van der Waals surface area contributed by atoms with Crippen LogP contribution in [0.1, 0.15) is 0 Å². The highest BCUT2D eigenvalue weighted by atomic mass is 32.2. The maximum atomic E-state index is 5.35. The standard InChI is InChI=1S/C3H7N3S/c1-6-5-2-3(4)7-6/h2,5H,4H2,1H3. The van der Waals surface area contributed by atoms with Gasteiger partial charge in [-0.25, -0.2) is 0 Å². The van der Waals surface area contributed by atoms with Crippen LogP contribution in [0.25, 0.3) is 0 Å². The van der Waals surface area contributed by atoms with Crippen molar-refractivity contribution in [3.05, 3.63) is 11.2 Å². The van der Waals surface area contributed by atoms with E-state index in [4.69, 9.17) is 5.73 Å². The van der Waals surface area contributed by atoms with Crippen molar-refractivity contribution in [1.82, 2.24) is 9.84 Å². The maximum Gasteiger partial charge on any atom is 0.100 e. The minimum atomic E-state index is 0.808. The summed E-state index contributed by atoms with van der Waals surface area (Å²) in [6.07, 6.45) is 1.75. The smallest absolute Gasteiger partial charge is 0.100 e. The zero-order valence-electron chi connectivity index (χ0n) is 4.01. The average Bonchev–Trinajstić information content (AvgIpc) is 1.87. The third kappa shape index (κ3) is 1.01. The average molecular weight is 117 g/mol. The van der Waals surface area contributed by atoms with E-state index in [9.17, 15) is 0 Å². The SMILES string of the molecule is CN1NC=C(N)S1. The number of nitrogens with zero attached hydrogens (tertiary/aromatic N) is 1. The van der Waals surface area contributed by atoms with Gasteiger partial charge >= 0.3 is 0 Å². The lowest BCUT2D eigenvalue weighted by atomic mass is 10.9. The second-order valence-corrected chi connectivity index (χ2v) is 2.47. The molecule has 40 valence electrons. The van der Waals surface area contributed by atoms with E-state index in [0.29, 0.717) is 0 Å². The molecular weight excluding hydrogens is 110 g/mol. The molecule has 0 aromatic carbocycles. The van der Waals surface area contributed by atoms with Gasteiger partial charge in [0.25, 0.3) is 0 Å². The van der Waals surface area contributed by atoms with Gasteiger partial charge in [-0.3, -0.25) is 0 Å². The van der Waals surface area contributed by atoms with Gasteiger partial charge in [-0.15, -0.1) is 0 Å². The van der Waals surface area contributed by atoms with Crippen molar-refractivity contribution in [2.45, 2.75) is 0 Å². The molecule has 0 aromatic rings. The lowest BCUT2D eigenvalue weighted by molar-refractivity contribution is 0.505. The molecule has 0 radical (unpaired) electrons. The van der Waals surface area contributed by atoms with Gasteiger partial charge in [-0.2, -0.15) is 4.41 Å². The number of hydrogen-bond acceptors (Lipinski definition) is 4. The van der Waals surface area contributed by atoms with Crippen LogP contribution in [0.3, 0.4) is 0 Å². The van der Waals surface area contributed by atoms with Crippen LogP contribution in [-0.2, 0) is 0 Å². The van der Waals surface area contributed by atoms with E-state index in [1.54, 1.807) is 6.20 Å². The summed E-state index contributed by atoms with van der Waals surface area (Å²) < 4.78 is 1.83. The third-order valence-electron chi connectivity index (χ3n) is 0.631. The number of rotatable bonds is 0. The second kappa shape index (κ2) is 1.63. The van der Waals surface area contributed by atoms with E-state index in [2.05, 4.69) is 5.43 Å². The van der Waals surface area contributed by atoms with Crippen LogP contribution < -0.4 is 11.2 Å². The Labute approximate surface area is 46.7 Å². The molecule has 0 fully saturated rings. The van der Waals surface area contributed by atoms with Crippen LogP contribution in [0.4, 0.5) is 0 Å². The quantitative estimate of drug-likeness (QED) is 0.433. The van der Waals surface area contributed by atoms with E-state index in [-0.39, 0.29) is 0 Å². The Morgan fingerprint density at radius 2 is 2.71 bits per heavy atom. The van der Waals surface area contributed by atoms with E-state index in [1.807, 2.05) is 11.5 Å². The van der Waals surface area contributed by atoms with Crippen molar-refractivity contribution in [3.8, 4) is 0 Å². The molecule has 0 spiro atoms. The first-order chi connectivity index (χ1) is 3.29. The lowest BCUT2D eigenvalue weighted by Crippen LogP contribution is -2.16. The molecule has 1 heterocycles. The monoisotopic (exact) mass is 117 g/mol. The highest BCUT2D eigenvalue weighted by Gasteiger charge is 2.03. The molecule has 0 aliphatic carbocycles. The van der Waals surface area contributed by atoms with Crippen molar-refractivity contribution in [1.29, 1.82) is 0 Å². The van der Waals surface area contributed by atoms with Crippen molar-refractivity contribution in [3.63, 3.8) is 0 Å².